The Labute approximate surface area is 264 Å². The van der Waals surface area contributed by atoms with Crippen molar-refractivity contribution in [2.75, 3.05) is 0 Å². The molecule has 6 N–H and O–H groups in total. The van der Waals surface area contributed by atoms with Crippen molar-refractivity contribution in [3.8, 4) is 17.0 Å². The molecule has 7 nitrogen and oxygen atoms in total. The number of fused-ring (bicyclic) bond motifs is 3. The highest BCUT2D eigenvalue weighted by Crippen LogP contribution is 2.43. The van der Waals surface area contributed by atoms with Gasteiger partial charge in [-0.2, -0.15) is 0 Å². The Kier molecular flexibility index (Phi) is 13.2. The van der Waals surface area contributed by atoms with Gasteiger partial charge in [-0.3, -0.25) is 4.79 Å². The van der Waals surface area contributed by atoms with Gasteiger partial charge in [0.2, 0.25) is 0 Å². The Morgan fingerprint density at radius 1 is 0.977 bits per heavy atom. The molecular formula is C37H57NO6. The third-order valence-electron chi connectivity index (χ3n) is 10.5. The maximum atomic E-state index is 12.0. The Balaban J connectivity index is 1.20. The molecule has 246 valence electrons. The smallest absolute Gasteiger partial charge is 0.309 e. The molecule has 1 heterocycles. The normalized spacial score (nSPS) is 21.5. The van der Waals surface area contributed by atoms with Gasteiger partial charge >= 0.3 is 5.97 Å². The van der Waals surface area contributed by atoms with Crippen LogP contribution in [-0.2, 0) is 24.1 Å². The molecule has 0 bridgehead atoms. The summed E-state index contributed by atoms with van der Waals surface area (Å²) >= 11 is 0. The monoisotopic (exact) mass is 611 g/mol. The zero-order valence-corrected chi connectivity index (χ0v) is 26.9. The molecule has 0 saturated heterocycles. The lowest BCUT2D eigenvalue weighted by Crippen LogP contribution is -2.37. The topological polar surface area (TPSA) is 134 Å². The van der Waals surface area contributed by atoms with Gasteiger partial charge in [0.15, 0.2) is 0 Å². The first-order valence-electron chi connectivity index (χ1n) is 17.5. The van der Waals surface area contributed by atoms with Crippen LogP contribution in [0.3, 0.4) is 0 Å². The third kappa shape index (κ3) is 9.34. The molecule has 0 spiro atoms. The van der Waals surface area contributed by atoms with Crippen molar-refractivity contribution in [2.45, 2.75) is 153 Å². The summed E-state index contributed by atoms with van der Waals surface area (Å²) in [7, 11) is 0. The van der Waals surface area contributed by atoms with E-state index in [-0.39, 0.29) is 18.4 Å². The second-order valence-electron chi connectivity index (χ2n) is 13.8. The SMILES string of the molecule is CCCCCCC[C@H](O)CCCCCC[C@H](C(=O)O)[C@H](O)CC[C@@]1(O)CCC[C@H]1Cc1cc2c([nH]1)-c1cccc(O)c1CC2. The van der Waals surface area contributed by atoms with E-state index < -0.39 is 23.6 Å². The first kappa shape index (κ1) is 34.5. The number of phenolic OH excluding ortho intramolecular Hbond substituents is 1. The summed E-state index contributed by atoms with van der Waals surface area (Å²) in [4.78, 5) is 15.6. The van der Waals surface area contributed by atoms with Crippen LogP contribution in [0.25, 0.3) is 11.3 Å². The fourth-order valence-corrected chi connectivity index (χ4v) is 7.76. The highest BCUT2D eigenvalue weighted by atomic mass is 16.4. The number of H-pyrrole nitrogens is 1. The lowest BCUT2D eigenvalue weighted by Gasteiger charge is -2.32. The molecule has 4 rings (SSSR count). The van der Waals surface area contributed by atoms with E-state index in [9.17, 15) is 30.3 Å². The van der Waals surface area contributed by atoms with Crippen molar-refractivity contribution >= 4 is 5.97 Å². The molecule has 7 heteroatoms. The van der Waals surface area contributed by atoms with Crippen LogP contribution in [0.5, 0.6) is 5.75 Å². The molecule has 1 fully saturated rings. The molecule has 1 saturated carbocycles. The number of phenols is 1. The van der Waals surface area contributed by atoms with Crippen molar-refractivity contribution in [2.24, 2.45) is 11.8 Å². The standard InChI is InChI=1S/C37H57NO6/c1-2-3-4-5-8-14-29(39)15-9-6-7-10-16-32(36(42)43)34(41)21-23-37(44)22-12-13-27(37)25-28-24-26-19-20-30-31(35(26)38-28)17-11-18-33(30)40/h11,17-18,24,27,29,32,34,38-41,44H,2-10,12-16,19-23,25H2,1H3,(H,42,43)/t27-,29-,32-,34+,37-/m0/s1. The van der Waals surface area contributed by atoms with Crippen LogP contribution in [-0.4, -0.2) is 54.3 Å². The molecule has 2 aromatic rings. The van der Waals surface area contributed by atoms with Crippen molar-refractivity contribution in [1.82, 2.24) is 4.98 Å². The predicted octanol–water partition coefficient (Wildman–Crippen LogP) is 7.46. The highest BCUT2D eigenvalue weighted by molar-refractivity contribution is 5.73. The van der Waals surface area contributed by atoms with Gasteiger partial charge in [-0.15, -0.1) is 0 Å². The molecule has 2 aliphatic carbocycles. The second kappa shape index (κ2) is 16.8. The number of aromatic amines is 1. The zero-order valence-electron chi connectivity index (χ0n) is 26.9. The van der Waals surface area contributed by atoms with E-state index in [0.29, 0.717) is 31.4 Å². The largest absolute Gasteiger partial charge is 0.508 e. The number of carbonyl (C=O) groups is 1. The van der Waals surface area contributed by atoms with Crippen molar-refractivity contribution in [3.63, 3.8) is 0 Å². The molecule has 0 amide bonds. The molecular weight excluding hydrogens is 554 g/mol. The summed E-state index contributed by atoms with van der Waals surface area (Å²) in [5.41, 5.74) is 4.51. The van der Waals surface area contributed by atoms with E-state index in [0.717, 1.165) is 93.1 Å². The summed E-state index contributed by atoms with van der Waals surface area (Å²) in [6.07, 6.45) is 16.0. The van der Waals surface area contributed by atoms with Gasteiger partial charge < -0.3 is 30.5 Å². The number of aliphatic hydroxyl groups excluding tert-OH is 2. The molecule has 1 aromatic carbocycles. The van der Waals surface area contributed by atoms with Gasteiger partial charge in [0, 0.05) is 22.5 Å². The quantitative estimate of drug-likeness (QED) is 0.0861. The summed E-state index contributed by atoms with van der Waals surface area (Å²) in [5, 5.41) is 52.9. The first-order valence-corrected chi connectivity index (χ1v) is 17.5. The maximum Gasteiger partial charge on any atom is 0.309 e. The van der Waals surface area contributed by atoms with Crippen LogP contribution < -0.4 is 0 Å². The Morgan fingerprint density at radius 3 is 2.39 bits per heavy atom. The van der Waals surface area contributed by atoms with Gasteiger partial charge in [0.25, 0.3) is 0 Å². The number of aromatic nitrogens is 1. The van der Waals surface area contributed by atoms with Crippen molar-refractivity contribution in [1.29, 1.82) is 0 Å². The number of aliphatic hydroxyl groups is 3. The van der Waals surface area contributed by atoms with Crippen LogP contribution in [0.15, 0.2) is 24.3 Å². The van der Waals surface area contributed by atoms with Crippen LogP contribution in [0.1, 0.15) is 133 Å². The maximum absolute atomic E-state index is 12.0. The lowest BCUT2D eigenvalue weighted by molar-refractivity contribution is -0.146. The highest BCUT2D eigenvalue weighted by Gasteiger charge is 2.42. The number of nitrogens with one attached hydrogen (secondary N) is 1. The number of hydrogen-bond acceptors (Lipinski definition) is 5. The van der Waals surface area contributed by atoms with Crippen LogP contribution >= 0.6 is 0 Å². The van der Waals surface area contributed by atoms with Gasteiger partial charge in [-0.25, -0.2) is 0 Å². The molecule has 0 aliphatic heterocycles. The summed E-state index contributed by atoms with van der Waals surface area (Å²) in [5.74, 6) is -1.40. The molecule has 2 aliphatic rings. The average molecular weight is 612 g/mol. The minimum atomic E-state index is -0.978. The Morgan fingerprint density at radius 2 is 1.68 bits per heavy atom. The van der Waals surface area contributed by atoms with Gasteiger partial charge in [-0.1, -0.05) is 83.3 Å². The van der Waals surface area contributed by atoms with Crippen LogP contribution in [0.4, 0.5) is 0 Å². The number of aliphatic carboxylic acids is 1. The number of hydrogen-bond donors (Lipinski definition) is 6. The third-order valence-corrected chi connectivity index (χ3v) is 10.5. The Bertz CT molecular complexity index is 1180. The number of aryl methyl sites for hydroxylation is 1. The van der Waals surface area contributed by atoms with E-state index in [1.54, 1.807) is 6.07 Å². The van der Waals surface area contributed by atoms with E-state index in [1.165, 1.54) is 31.2 Å². The van der Waals surface area contributed by atoms with E-state index in [4.69, 9.17) is 0 Å². The lowest BCUT2D eigenvalue weighted by atomic mass is 9.81. The van der Waals surface area contributed by atoms with Crippen LogP contribution in [0, 0.1) is 11.8 Å². The van der Waals surface area contributed by atoms with E-state index >= 15 is 0 Å². The molecule has 44 heavy (non-hydrogen) atoms. The fraction of sp³-hybridized carbons (Fsp3) is 0.703. The number of carboxylic acid groups (broad SMARTS) is 1. The van der Waals surface area contributed by atoms with Crippen LogP contribution in [0.2, 0.25) is 0 Å². The minimum Gasteiger partial charge on any atom is -0.508 e. The van der Waals surface area contributed by atoms with E-state index in [2.05, 4.69) is 18.0 Å². The number of rotatable bonds is 20. The number of unbranched alkanes of at least 4 members (excludes halogenated alkanes) is 7. The number of carboxylic acids is 1. The summed E-state index contributed by atoms with van der Waals surface area (Å²) in [6, 6.07) is 7.85. The van der Waals surface area contributed by atoms with E-state index in [1.807, 2.05) is 12.1 Å². The molecule has 1 aromatic heterocycles. The molecule has 0 unspecified atom stereocenters. The number of aromatic hydroxyl groups is 1. The van der Waals surface area contributed by atoms with Gasteiger partial charge in [0.05, 0.1) is 23.7 Å². The molecule has 0 radical (unpaired) electrons. The van der Waals surface area contributed by atoms with Gasteiger partial charge in [-0.05, 0) is 87.8 Å². The zero-order chi connectivity index (χ0) is 31.5. The van der Waals surface area contributed by atoms with Crippen molar-refractivity contribution in [3.05, 3.63) is 41.1 Å². The average Bonchev–Trinajstić information content (AvgIpc) is 3.58. The summed E-state index contributed by atoms with van der Waals surface area (Å²) < 4.78 is 0. The predicted molar refractivity (Wildman–Crippen MR) is 175 cm³/mol. The summed E-state index contributed by atoms with van der Waals surface area (Å²) in [6.45, 7) is 2.20. The Hall–Kier alpha value is -2.35. The fourth-order valence-electron chi connectivity index (χ4n) is 7.76. The number of benzene rings is 1. The first-order chi connectivity index (χ1) is 21.2. The van der Waals surface area contributed by atoms with Crippen molar-refractivity contribution < 1.29 is 30.3 Å². The second-order valence-corrected chi connectivity index (χ2v) is 13.8. The molecule has 5 atom stereocenters. The minimum absolute atomic E-state index is 0.0495. The van der Waals surface area contributed by atoms with Gasteiger partial charge in [0.1, 0.15) is 5.75 Å².